The lowest BCUT2D eigenvalue weighted by Crippen LogP contribution is -2.53. The number of para-hydroxylation sites is 1. The molecule has 0 saturated carbocycles. The average Bonchev–Trinajstić information content (AvgIpc) is 2.83. The van der Waals surface area contributed by atoms with E-state index in [2.05, 4.69) is 0 Å². The van der Waals surface area contributed by atoms with E-state index in [-0.39, 0.29) is 17.3 Å². The summed E-state index contributed by atoms with van der Waals surface area (Å²) in [4.78, 5) is 28.3. The first-order valence-electron chi connectivity index (χ1n) is 10.7. The lowest BCUT2D eigenvalue weighted by Gasteiger charge is -2.35. The van der Waals surface area contributed by atoms with Crippen LogP contribution < -0.4 is 4.31 Å². The highest BCUT2D eigenvalue weighted by Gasteiger charge is 2.31. The van der Waals surface area contributed by atoms with Crippen molar-refractivity contribution in [3.63, 3.8) is 0 Å². The van der Waals surface area contributed by atoms with E-state index in [4.69, 9.17) is 4.74 Å². The maximum Gasteiger partial charge on any atom is 0.409 e. The molecule has 9 heteroatoms. The van der Waals surface area contributed by atoms with Crippen LogP contribution in [0.1, 0.15) is 19.4 Å². The molecule has 0 radical (unpaired) electrons. The van der Waals surface area contributed by atoms with E-state index in [1.165, 1.54) is 16.4 Å². The van der Waals surface area contributed by atoms with Crippen molar-refractivity contribution in [2.45, 2.75) is 25.2 Å². The standard InChI is InChI=1S/C23H29N3O5S/c1-3-19-10-8-9-13-21(19)26(32(29,30)20-11-6-5-7-12-20)18-22(27)24-14-16-25(17-15-24)23(28)31-4-2/h5-13H,3-4,14-18H2,1-2H3. The normalized spacial score (nSPS) is 14.2. The van der Waals surface area contributed by atoms with Gasteiger partial charge in [0.15, 0.2) is 0 Å². The summed E-state index contributed by atoms with van der Waals surface area (Å²) in [5.74, 6) is -0.307. The molecule has 0 aliphatic carbocycles. The number of anilines is 1. The van der Waals surface area contributed by atoms with Crippen LogP contribution in [0.4, 0.5) is 10.5 Å². The molecule has 0 bridgehead atoms. The van der Waals surface area contributed by atoms with Crippen molar-refractivity contribution < 1.29 is 22.7 Å². The zero-order chi connectivity index (χ0) is 23.1. The molecule has 0 spiro atoms. The molecule has 1 heterocycles. The molecule has 1 aliphatic rings. The van der Waals surface area contributed by atoms with E-state index in [0.29, 0.717) is 44.9 Å². The zero-order valence-corrected chi connectivity index (χ0v) is 19.3. The van der Waals surface area contributed by atoms with Crippen molar-refractivity contribution in [1.82, 2.24) is 9.80 Å². The van der Waals surface area contributed by atoms with Crippen LogP contribution in [-0.4, -0.2) is 69.5 Å². The first-order valence-corrected chi connectivity index (χ1v) is 12.2. The molecule has 3 rings (SSSR count). The summed E-state index contributed by atoms with van der Waals surface area (Å²) in [6, 6.07) is 15.3. The fraction of sp³-hybridized carbons (Fsp3) is 0.391. The number of hydrogen-bond donors (Lipinski definition) is 0. The van der Waals surface area contributed by atoms with Gasteiger partial charge < -0.3 is 14.5 Å². The van der Waals surface area contributed by atoms with Gasteiger partial charge in [0.2, 0.25) is 5.91 Å². The summed E-state index contributed by atoms with van der Waals surface area (Å²) in [5.41, 5.74) is 1.34. The summed E-state index contributed by atoms with van der Waals surface area (Å²) in [6.07, 6.45) is 0.230. The number of amides is 2. The quantitative estimate of drug-likeness (QED) is 0.635. The van der Waals surface area contributed by atoms with E-state index in [0.717, 1.165) is 5.56 Å². The largest absolute Gasteiger partial charge is 0.450 e. The predicted octanol–water partition coefficient (Wildman–Crippen LogP) is 2.75. The Morgan fingerprint density at radius 2 is 1.50 bits per heavy atom. The minimum atomic E-state index is -3.95. The molecule has 0 N–H and O–H groups in total. The number of sulfonamides is 1. The lowest BCUT2D eigenvalue weighted by atomic mass is 10.1. The van der Waals surface area contributed by atoms with Crippen LogP contribution in [0, 0.1) is 0 Å². The number of carbonyl (C=O) groups is 2. The number of aryl methyl sites for hydroxylation is 1. The van der Waals surface area contributed by atoms with Crippen molar-refractivity contribution in [3.05, 3.63) is 60.2 Å². The van der Waals surface area contributed by atoms with Crippen molar-refractivity contribution in [3.8, 4) is 0 Å². The number of ether oxygens (including phenoxy) is 1. The molecule has 1 saturated heterocycles. The van der Waals surface area contributed by atoms with Crippen LogP contribution in [0.5, 0.6) is 0 Å². The Labute approximate surface area is 189 Å². The van der Waals surface area contributed by atoms with E-state index in [9.17, 15) is 18.0 Å². The lowest BCUT2D eigenvalue weighted by molar-refractivity contribution is -0.131. The number of nitrogens with zero attached hydrogens (tertiary/aromatic N) is 3. The first-order chi connectivity index (χ1) is 15.4. The minimum Gasteiger partial charge on any atom is -0.450 e. The second-order valence-electron chi connectivity index (χ2n) is 7.37. The summed E-state index contributed by atoms with van der Waals surface area (Å²) >= 11 is 0. The summed E-state index contributed by atoms with van der Waals surface area (Å²) in [7, 11) is -3.95. The van der Waals surface area contributed by atoms with Gasteiger partial charge in [0.05, 0.1) is 17.2 Å². The van der Waals surface area contributed by atoms with Crippen LogP contribution in [-0.2, 0) is 26.0 Å². The second kappa shape index (κ2) is 10.5. The van der Waals surface area contributed by atoms with Crippen molar-refractivity contribution in [2.24, 2.45) is 0 Å². The van der Waals surface area contributed by atoms with Crippen LogP contribution >= 0.6 is 0 Å². The minimum absolute atomic E-state index is 0.130. The maximum atomic E-state index is 13.5. The number of benzene rings is 2. The Morgan fingerprint density at radius 1 is 0.906 bits per heavy atom. The summed E-state index contributed by atoms with van der Waals surface area (Å²) in [6.45, 7) is 5.02. The van der Waals surface area contributed by atoms with E-state index in [1.807, 2.05) is 19.1 Å². The fourth-order valence-electron chi connectivity index (χ4n) is 3.65. The summed E-state index contributed by atoms with van der Waals surface area (Å²) < 4.78 is 33.2. The van der Waals surface area contributed by atoms with Gasteiger partial charge in [-0.15, -0.1) is 0 Å². The molecule has 0 aromatic heterocycles. The SMILES string of the molecule is CCOC(=O)N1CCN(C(=O)CN(c2ccccc2CC)S(=O)(=O)c2ccccc2)CC1. The smallest absolute Gasteiger partial charge is 0.409 e. The predicted molar refractivity (Wildman–Crippen MR) is 122 cm³/mol. The molecule has 2 aromatic carbocycles. The molecule has 172 valence electrons. The van der Waals surface area contributed by atoms with Gasteiger partial charge in [-0.3, -0.25) is 9.10 Å². The highest BCUT2D eigenvalue weighted by molar-refractivity contribution is 7.92. The topological polar surface area (TPSA) is 87.2 Å². The third kappa shape index (κ3) is 5.21. The van der Waals surface area contributed by atoms with E-state index in [1.54, 1.807) is 47.1 Å². The Hall–Kier alpha value is -3.07. The molecule has 2 amide bonds. The Kier molecular flexibility index (Phi) is 7.74. The average molecular weight is 460 g/mol. The van der Waals surface area contributed by atoms with Gasteiger partial charge >= 0.3 is 6.09 Å². The molecular formula is C23H29N3O5S. The third-order valence-corrected chi connectivity index (χ3v) is 7.18. The molecule has 2 aromatic rings. The molecule has 8 nitrogen and oxygen atoms in total. The fourth-order valence-corrected chi connectivity index (χ4v) is 5.12. The van der Waals surface area contributed by atoms with Gasteiger partial charge in [0.25, 0.3) is 10.0 Å². The van der Waals surface area contributed by atoms with Gasteiger partial charge in [-0.2, -0.15) is 0 Å². The third-order valence-electron chi connectivity index (χ3n) is 5.41. The van der Waals surface area contributed by atoms with Gasteiger partial charge in [-0.1, -0.05) is 43.3 Å². The number of piperazine rings is 1. The second-order valence-corrected chi connectivity index (χ2v) is 9.24. The van der Waals surface area contributed by atoms with Crippen LogP contribution in [0.2, 0.25) is 0 Å². The first kappa shape index (κ1) is 23.6. The van der Waals surface area contributed by atoms with Crippen molar-refractivity contribution in [2.75, 3.05) is 43.6 Å². The Bertz CT molecular complexity index is 1030. The molecule has 1 fully saturated rings. The number of carbonyl (C=O) groups excluding carboxylic acids is 2. The molecule has 32 heavy (non-hydrogen) atoms. The maximum absolute atomic E-state index is 13.5. The van der Waals surface area contributed by atoms with E-state index < -0.39 is 16.1 Å². The Morgan fingerprint density at radius 3 is 2.12 bits per heavy atom. The zero-order valence-electron chi connectivity index (χ0n) is 18.4. The van der Waals surface area contributed by atoms with E-state index >= 15 is 0 Å². The highest BCUT2D eigenvalue weighted by Crippen LogP contribution is 2.27. The van der Waals surface area contributed by atoms with Crippen molar-refractivity contribution in [1.29, 1.82) is 0 Å². The van der Waals surface area contributed by atoms with Crippen molar-refractivity contribution >= 4 is 27.7 Å². The van der Waals surface area contributed by atoms with Gasteiger partial charge in [0.1, 0.15) is 6.54 Å². The highest BCUT2D eigenvalue weighted by atomic mass is 32.2. The molecule has 1 aliphatic heterocycles. The molecular weight excluding hydrogens is 430 g/mol. The Balaban J connectivity index is 1.84. The van der Waals surface area contributed by atoms with Gasteiger partial charge in [-0.25, -0.2) is 13.2 Å². The molecule has 0 atom stereocenters. The van der Waals surface area contributed by atoms with Crippen LogP contribution in [0.3, 0.4) is 0 Å². The monoisotopic (exact) mass is 459 g/mol. The molecule has 0 unspecified atom stereocenters. The van der Waals surface area contributed by atoms with Gasteiger partial charge in [0, 0.05) is 26.2 Å². The summed E-state index contributed by atoms with van der Waals surface area (Å²) in [5, 5.41) is 0. The number of rotatable bonds is 7. The van der Waals surface area contributed by atoms with Gasteiger partial charge in [-0.05, 0) is 37.1 Å². The number of hydrogen-bond acceptors (Lipinski definition) is 5. The van der Waals surface area contributed by atoms with Crippen LogP contribution in [0.25, 0.3) is 0 Å². The van der Waals surface area contributed by atoms with Crippen LogP contribution in [0.15, 0.2) is 59.5 Å².